The molecule has 0 aromatic carbocycles. The van der Waals surface area contributed by atoms with E-state index in [1.807, 2.05) is 0 Å². The van der Waals surface area contributed by atoms with E-state index in [1.54, 1.807) is 0 Å². The molecule has 1 amide bonds. The summed E-state index contributed by atoms with van der Waals surface area (Å²) in [6.45, 7) is 0.851. The summed E-state index contributed by atoms with van der Waals surface area (Å²) < 4.78 is 0. The predicted octanol–water partition coefficient (Wildman–Crippen LogP) is 0.443. The number of hydrogen-bond acceptors (Lipinski definition) is 2. The fraction of sp³-hybridized carbons (Fsp3) is 0.667. The van der Waals surface area contributed by atoms with Crippen LogP contribution < -0.4 is 5.32 Å². The molecule has 0 bridgehead atoms. The molecule has 0 aromatic heterocycles. The molecule has 0 radical (unpaired) electrons. The fourth-order valence-corrected chi connectivity index (χ4v) is 0.941. The Morgan fingerprint density at radius 2 is 2.83 bits per heavy atom. The zero-order valence-electron chi connectivity index (χ0n) is 3.23. The first-order valence-corrected chi connectivity index (χ1v) is 2.79. The maximum absolute atomic E-state index is 10.1. The van der Waals surface area contributed by atoms with Crippen LogP contribution in [-0.2, 0) is 0 Å². The van der Waals surface area contributed by atoms with Crippen molar-refractivity contribution in [1.29, 1.82) is 0 Å². The van der Waals surface area contributed by atoms with Crippen LogP contribution in [0.4, 0.5) is 4.79 Å². The van der Waals surface area contributed by atoms with Crippen LogP contribution in [0.2, 0.25) is 0 Å². The summed E-state index contributed by atoms with van der Waals surface area (Å²) in [5.41, 5.74) is 0. The Morgan fingerprint density at radius 3 is 3.00 bits per heavy atom. The number of hydrogen-bond donors (Lipinski definition) is 1. The van der Waals surface area contributed by atoms with Crippen molar-refractivity contribution in [2.45, 2.75) is 0 Å². The molecular formula is C3H5NOS. The highest BCUT2D eigenvalue weighted by Crippen LogP contribution is 2.04. The lowest BCUT2D eigenvalue weighted by atomic mass is 11.3. The Hall–Kier alpha value is -0.180. The normalized spacial score (nSPS) is 21.0. The van der Waals surface area contributed by atoms with Crippen molar-refractivity contribution in [3.05, 3.63) is 0 Å². The van der Waals surface area contributed by atoms with Crippen LogP contribution >= 0.6 is 11.8 Å². The minimum Gasteiger partial charge on any atom is -0.346 e. The van der Waals surface area contributed by atoms with Gasteiger partial charge in [-0.1, -0.05) is 11.8 Å². The largest absolute Gasteiger partial charge is 0.346 e. The van der Waals surface area contributed by atoms with Gasteiger partial charge in [0, 0.05) is 12.3 Å². The molecule has 0 aliphatic carbocycles. The second-order valence-corrected chi connectivity index (χ2v) is 2.13. The van der Waals surface area contributed by atoms with E-state index in [-0.39, 0.29) is 5.24 Å². The summed E-state index contributed by atoms with van der Waals surface area (Å²) in [5.74, 6) is 0.943. The zero-order valence-corrected chi connectivity index (χ0v) is 4.05. The maximum Gasteiger partial charge on any atom is 0.279 e. The average Bonchev–Trinajstić information content (AvgIpc) is 1.86. The van der Waals surface area contributed by atoms with Gasteiger partial charge in [-0.15, -0.1) is 0 Å². The Morgan fingerprint density at radius 1 is 2.00 bits per heavy atom. The minimum atomic E-state index is 0.120. The van der Waals surface area contributed by atoms with Crippen LogP contribution in [0.5, 0.6) is 0 Å². The van der Waals surface area contributed by atoms with Crippen LogP contribution in [-0.4, -0.2) is 17.5 Å². The molecule has 1 N–H and O–H groups in total. The highest BCUT2D eigenvalue weighted by Gasteiger charge is 2.06. The molecule has 34 valence electrons. The SMILES string of the molecule is O=C1N[14CH2]CS1. The van der Waals surface area contributed by atoms with Gasteiger partial charge in [-0.3, -0.25) is 4.79 Å². The smallest absolute Gasteiger partial charge is 0.279 e. The van der Waals surface area contributed by atoms with Gasteiger partial charge in [-0.05, 0) is 0 Å². The van der Waals surface area contributed by atoms with Gasteiger partial charge in [-0.25, -0.2) is 0 Å². The summed E-state index contributed by atoms with van der Waals surface area (Å²) >= 11 is 1.35. The molecule has 0 saturated carbocycles. The van der Waals surface area contributed by atoms with Crippen molar-refractivity contribution in [2.24, 2.45) is 0 Å². The topological polar surface area (TPSA) is 29.1 Å². The summed E-state index contributed by atoms with van der Waals surface area (Å²) in [4.78, 5) is 10.1. The number of thioether (sulfide) groups is 1. The van der Waals surface area contributed by atoms with E-state index in [9.17, 15) is 4.79 Å². The number of carbonyl (C=O) groups is 1. The molecule has 1 saturated heterocycles. The van der Waals surface area contributed by atoms with Crippen LogP contribution in [0.3, 0.4) is 0 Å². The molecule has 1 aliphatic heterocycles. The highest BCUT2D eigenvalue weighted by atomic mass is 32.2. The standard InChI is InChI=1S/C3H5NOS/c5-3-4-1-2-6-3/h1-2H2,(H,4,5)/i1+2. The third kappa shape index (κ3) is 0.653. The van der Waals surface area contributed by atoms with E-state index in [4.69, 9.17) is 0 Å². The van der Waals surface area contributed by atoms with Crippen molar-refractivity contribution in [2.75, 3.05) is 12.3 Å². The quantitative estimate of drug-likeness (QED) is 0.484. The van der Waals surface area contributed by atoms with Crippen LogP contribution in [0.25, 0.3) is 0 Å². The molecular weight excluding hydrogens is 100 g/mol. The second-order valence-electron chi connectivity index (χ2n) is 1.06. The molecule has 0 spiro atoms. The van der Waals surface area contributed by atoms with Gasteiger partial charge in [-0.2, -0.15) is 0 Å². The van der Waals surface area contributed by atoms with E-state index < -0.39 is 0 Å². The number of amides is 1. The zero-order chi connectivity index (χ0) is 4.41. The third-order valence-corrected chi connectivity index (χ3v) is 1.42. The molecule has 1 aliphatic rings. The first-order chi connectivity index (χ1) is 2.89. The molecule has 0 atom stereocenters. The summed E-state index contributed by atoms with van der Waals surface area (Å²) in [7, 11) is 0. The van der Waals surface area contributed by atoms with Crippen LogP contribution in [0, 0.1) is 0 Å². The first kappa shape index (κ1) is 3.99. The third-order valence-electron chi connectivity index (χ3n) is 0.605. The maximum atomic E-state index is 10.1. The van der Waals surface area contributed by atoms with Gasteiger partial charge in [0.15, 0.2) is 0 Å². The lowest BCUT2D eigenvalue weighted by molar-refractivity contribution is 0.262. The van der Waals surface area contributed by atoms with E-state index in [1.165, 1.54) is 11.8 Å². The van der Waals surface area contributed by atoms with Gasteiger partial charge >= 0.3 is 0 Å². The van der Waals surface area contributed by atoms with Crippen molar-refractivity contribution in [3.63, 3.8) is 0 Å². The Bertz CT molecular complexity index is 65.2. The molecule has 1 heterocycles. The fourth-order valence-electron chi connectivity index (χ4n) is 0.348. The second kappa shape index (κ2) is 1.51. The van der Waals surface area contributed by atoms with Gasteiger partial charge in [0.1, 0.15) is 0 Å². The van der Waals surface area contributed by atoms with Crippen LogP contribution in [0.15, 0.2) is 0 Å². The van der Waals surface area contributed by atoms with Gasteiger partial charge in [0.05, 0.1) is 0 Å². The number of nitrogens with one attached hydrogen (secondary N) is 1. The summed E-state index contributed by atoms with van der Waals surface area (Å²) in [6, 6.07) is 0. The molecule has 1 fully saturated rings. The first-order valence-electron chi connectivity index (χ1n) is 1.80. The van der Waals surface area contributed by atoms with E-state index in [0.29, 0.717) is 0 Å². The molecule has 3 heteroatoms. The minimum absolute atomic E-state index is 0.120. The average molecular weight is 105 g/mol. The van der Waals surface area contributed by atoms with Gasteiger partial charge in [0.2, 0.25) is 0 Å². The Balaban J connectivity index is 2.37. The molecule has 2 nitrogen and oxygen atoms in total. The van der Waals surface area contributed by atoms with Crippen molar-refractivity contribution in [3.8, 4) is 0 Å². The molecule has 1 rings (SSSR count). The predicted molar refractivity (Wildman–Crippen MR) is 25.9 cm³/mol. The molecule has 0 unspecified atom stereocenters. The van der Waals surface area contributed by atoms with Gasteiger partial charge < -0.3 is 5.32 Å². The summed E-state index contributed by atoms with van der Waals surface area (Å²) in [6.07, 6.45) is 0. The van der Waals surface area contributed by atoms with Crippen molar-refractivity contribution >= 4 is 17.0 Å². The number of carbonyl (C=O) groups excluding carboxylic acids is 1. The summed E-state index contributed by atoms with van der Waals surface area (Å²) in [5, 5.41) is 2.76. The van der Waals surface area contributed by atoms with E-state index >= 15 is 0 Å². The Labute approximate surface area is 40.3 Å². The van der Waals surface area contributed by atoms with Gasteiger partial charge in [0.25, 0.3) is 5.24 Å². The lowest BCUT2D eigenvalue weighted by Gasteiger charge is -1.78. The van der Waals surface area contributed by atoms with E-state index in [0.717, 1.165) is 12.3 Å². The monoisotopic (exact) mass is 105 g/mol. The van der Waals surface area contributed by atoms with Crippen molar-refractivity contribution < 1.29 is 4.79 Å². The highest BCUT2D eigenvalue weighted by molar-refractivity contribution is 8.13. The number of rotatable bonds is 0. The molecule has 0 aromatic rings. The van der Waals surface area contributed by atoms with Crippen LogP contribution in [0.1, 0.15) is 0 Å². The van der Waals surface area contributed by atoms with Crippen molar-refractivity contribution in [1.82, 2.24) is 5.32 Å². The lowest BCUT2D eigenvalue weighted by Crippen LogP contribution is -2.10. The Kier molecular flexibility index (Phi) is 1.01. The van der Waals surface area contributed by atoms with E-state index in [2.05, 4.69) is 5.32 Å². The molecule has 6 heavy (non-hydrogen) atoms.